The molecular formula is C23H20Cl2F4N4O4S. The van der Waals surface area contributed by atoms with Crippen LogP contribution in [0.5, 0.6) is 0 Å². The highest BCUT2D eigenvalue weighted by Crippen LogP contribution is 2.50. The summed E-state index contributed by atoms with van der Waals surface area (Å²) >= 11 is 12.7. The van der Waals surface area contributed by atoms with Crippen molar-refractivity contribution in [2.75, 3.05) is 13.2 Å². The van der Waals surface area contributed by atoms with Gasteiger partial charge >= 0.3 is 6.18 Å². The molecule has 1 aromatic heterocycles. The lowest BCUT2D eigenvalue weighted by Crippen LogP contribution is -2.44. The van der Waals surface area contributed by atoms with Gasteiger partial charge in [0.15, 0.2) is 5.82 Å². The molecule has 2 aromatic rings. The molecule has 1 saturated heterocycles. The number of hydrogen-bond donors (Lipinski definition) is 1. The molecule has 3 aliphatic heterocycles. The van der Waals surface area contributed by atoms with Crippen LogP contribution in [0.3, 0.4) is 0 Å². The monoisotopic (exact) mass is 594 g/mol. The number of alkyl halides is 3. The maximum Gasteiger partial charge on any atom is 0.435 e. The molecule has 1 unspecified atom stereocenters. The van der Waals surface area contributed by atoms with E-state index in [4.69, 9.17) is 32.9 Å². The third-order valence-electron chi connectivity index (χ3n) is 6.77. The first-order valence-corrected chi connectivity index (χ1v) is 13.0. The number of thiophene rings is 1. The number of nitrogens with one attached hydrogen (secondary N) is 1. The molecule has 0 saturated carbocycles. The lowest BCUT2D eigenvalue weighted by Gasteiger charge is -2.30. The Morgan fingerprint density at radius 2 is 1.97 bits per heavy atom. The third-order valence-corrected chi connectivity index (χ3v) is 8.63. The Bertz CT molecular complexity index is 1340. The van der Waals surface area contributed by atoms with Gasteiger partial charge in [-0.05, 0) is 37.1 Å². The van der Waals surface area contributed by atoms with E-state index in [1.54, 1.807) is 18.7 Å². The lowest BCUT2D eigenvalue weighted by atomic mass is 9.89. The van der Waals surface area contributed by atoms with Crippen LogP contribution < -0.4 is 5.32 Å². The molecule has 2 amide bonds. The van der Waals surface area contributed by atoms with E-state index < -0.39 is 51.6 Å². The molecule has 1 fully saturated rings. The molecule has 0 radical (unpaired) electrons. The minimum Gasteiger partial charge on any atom is -0.372 e. The molecule has 38 heavy (non-hydrogen) atoms. The smallest absolute Gasteiger partial charge is 0.372 e. The maximum absolute atomic E-state index is 14.3. The van der Waals surface area contributed by atoms with Gasteiger partial charge in [0.1, 0.15) is 18.5 Å². The number of nitrogens with zero attached hydrogens (tertiary/aromatic N) is 3. The number of oxime groups is 1. The Morgan fingerprint density at radius 1 is 1.29 bits per heavy atom. The van der Waals surface area contributed by atoms with Gasteiger partial charge < -0.3 is 15.1 Å². The molecule has 1 N–H and O–H groups in total. The number of benzene rings is 1. The zero-order chi connectivity index (χ0) is 27.6. The van der Waals surface area contributed by atoms with Crippen molar-refractivity contribution in [3.05, 3.63) is 54.4 Å². The molecule has 5 rings (SSSR count). The third kappa shape index (κ3) is 4.29. The molecule has 0 bridgehead atoms. The highest BCUT2D eigenvalue weighted by atomic mass is 35.5. The van der Waals surface area contributed by atoms with Gasteiger partial charge in [0.2, 0.25) is 0 Å². The predicted octanol–water partition coefficient (Wildman–Crippen LogP) is 4.90. The number of amidine groups is 1. The average molecular weight is 595 g/mol. The van der Waals surface area contributed by atoms with E-state index in [0.29, 0.717) is 17.0 Å². The van der Waals surface area contributed by atoms with E-state index in [0.717, 1.165) is 22.6 Å². The first-order chi connectivity index (χ1) is 17.9. The molecule has 0 aliphatic carbocycles. The first kappa shape index (κ1) is 27.0. The Morgan fingerprint density at radius 3 is 2.55 bits per heavy atom. The van der Waals surface area contributed by atoms with Crippen molar-refractivity contribution in [1.29, 1.82) is 0 Å². The summed E-state index contributed by atoms with van der Waals surface area (Å²) < 4.78 is 56.8. The number of carbonyl (C=O) groups is 2. The van der Waals surface area contributed by atoms with Gasteiger partial charge in [-0.1, -0.05) is 28.4 Å². The highest BCUT2D eigenvalue weighted by Gasteiger charge is 2.63. The van der Waals surface area contributed by atoms with Crippen LogP contribution in [0.2, 0.25) is 10.0 Å². The normalized spacial score (nSPS) is 23.1. The topological polar surface area (TPSA) is 83.5 Å². The molecule has 204 valence electrons. The Balaban J connectivity index is 1.32. The fraction of sp³-hybridized carbons (Fsp3) is 0.435. The standard InChI is InChI=1S/C23H20Cl2F4N4O4S/c1-3-33-21(35)15(9-36-33)30-20(34)19-10(2)12-7-32(8-16(12)38-19)17-6-22(37-31-17,23(27,28)29)11-4-13(24)18(26)14(25)5-11/h4-5,15H,3,6-9H2,1-2H3,(H,30,34)/t15-,22?/m1/s1. The first-order valence-electron chi connectivity index (χ1n) is 11.4. The van der Waals surface area contributed by atoms with Crippen LogP contribution in [0.15, 0.2) is 17.3 Å². The lowest BCUT2D eigenvalue weighted by molar-refractivity contribution is -0.275. The fourth-order valence-electron chi connectivity index (χ4n) is 4.66. The van der Waals surface area contributed by atoms with Crippen molar-refractivity contribution >= 4 is 52.2 Å². The summed E-state index contributed by atoms with van der Waals surface area (Å²) in [5.41, 5.74) is -1.88. The number of amides is 2. The number of hydrogen-bond acceptors (Lipinski definition) is 7. The van der Waals surface area contributed by atoms with E-state index in [1.807, 2.05) is 0 Å². The van der Waals surface area contributed by atoms with Crippen LogP contribution in [0, 0.1) is 12.7 Å². The zero-order valence-corrected chi connectivity index (χ0v) is 22.2. The summed E-state index contributed by atoms with van der Waals surface area (Å²) in [6, 6.07) is 0.888. The minimum atomic E-state index is -4.91. The van der Waals surface area contributed by atoms with Gasteiger partial charge in [-0.25, -0.2) is 9.45 Å². The number of rotatable bonds is 4. The predicted molar refractivity (Wildman–Crippen MR) is 130 cm³/mol. The highest BCUT2D eigenvalue weighted by molar-refractivity contribution is 7.14. The van der Waals surface area contributed by atoms with Crippen LogP contribution in [0.25, 0.3) is 0 Å². The van der Waals surface area contributed by atoms with Crippen molar-refractivity contribution in [3.8, 4) is 0 Å². The second-order valence-electron chi connectivity index (χ2n) is 9.02. The van der Waals surface area contributed by atoms with Crippen molar-refractivity contribution in [3.63, 3.8) is 0 Å². The van der Waals surface area contributed by atoms with Crippen LogP contribution in [-0.2, 0) is 33.2 Å². The zero-order valence-electron chi connectivity index (χ0n) is 19.9. The number of hydroxylamine groups is 2. The average Bonchev–Trinajstić information content (AvgIpc) is 3.61. The number of likely N-dealkylation sites (N-methyl/N-ethyl adjacent to an activating group) is 1. The Hall–Kier alpha value is -2.61. The van der Waals surface area contributed by atoms with Gasteiger partial charge in [0.25, 0.3) is 17.4 Å². The Labute approximate surface area is 228 Å². The van der Waals surface area contributed by atoms with Crippen LogP contribution in [0.1, 0.15) is 44.6 Å². The molecule has 1 aromatic carbocycles. The van der Waals surface area contributed by atoms with Crippen LogP contribution >= 0.6 is 34.5 Å². The van der Waals surface area contributed by atoms with Gasteiger partial charge in [-0.2, -0.15) is 13.2 Å². The van der Waals surface area contributed by atoms with Crippen molar-refractivity contribution in [2.24, 2.45) is 5.16 Å². The summed E-state index contributed by atoms with van der Waals surface area (Å²) in [7, 11) is 0. The summed E-state index contributed by atoms with van der Waals surface area (Å²) in [5, 5.41) is 6.49. The summed E-state index contributed by atoms with van der Waals surface area (Å²) in [6.07, 6.45) is -5.59. The summed E-state index contributed by atoms with van der Waals surface area (Å²) in [6.45, 7) is 4.32. The summed E-state index contributed by atoms with van der Waals surface area (Å²) in [5.74, 6) is -1.73. The molecule has 3 aliphatic rings. The van der Waals surface area contributed by atoms with E-state index >= 15 is 0 Å². The van der Waals surface area contributed by atoms with Crippen molar-refractivity contribution < 1.29 is 36.8 Å². The van der Waals surface area contributed by atoms with Crippen LogP contribution in [-0.4, -0.2) is 53.0 Å². The second-order valence-corrected chi connectivity index (χ2v) is 10.9. The SMILES string of the molecule is CCN1OC[C@@H](NC(=O)c2sc3c(c2C)CN(C2=NOC(c4cc(Cl)c(F)c(Cl)c4)(C(F)(F)F)C2)C3)C1=O. The maximum atomic E-state index is 14.3. The van der Waals surface area contributed by atoms with E-state index in [1.165, 1.54) is 16.4 Å². The van der Waals surface area contributed by atoms with Crippen molar-refractivity contribution in [1.82, 2.24) is 15.3 Å². The molecule has 0 spiro atoms. The Kier molecular flexibility index (Phi) is 6.77. The van der Waals surface area contributed by atoms with Gasteiger partial charge in [-0.3, -0.25) is 14.4 Å². The molecule has 15 heteroatoms. The van der Waals surface area contributed by atoms with Crippen molar-refractivity contribution in [2.45, 2.75) is 51.2 Å². The minimum absolute atomic E-state index is 0.0426. The largest absolute Gasteiger partial charge is 0.435 e. The number of carbonyl (C=O) groups excluding carboxylic acids is 2. The molecule has 8 nitrogen and oxygen atoms in total. The van der Waals surface area contributed by atoms with Gasteiger partial charge in [-0.15, -0.1) is 11.3 Å². The van der Waals surface area contributed by atoms with Gasteiger partial charge in [0, 0.05) is 23.5 Å². The molecular weight excluding hydrogens is 575 g/mol. The van der Waals surface area contributed by atoms with Crippen LogP contribution in [0.4, 0.5) is 17.6 Å². The summed E-state index contributed by atoms with van der Waals surface area (Å²) in [4.78, 5) is 38.2. The molecule has 4 heterocycles. The molecule has 2 atom stereocenters. The second kappa shape index (κ2) is 9.54. The van der Waals surface area contributed by atoms with Gasteiger partial charge in [0.05, 0.1) is 27.9 Å². The van der Waals surface area contributed by atoms with E-state index in [9.17, 15) is 27.2 Å². The van der Waals surface area contributed by atoms with E-state index in [2.05, 4.69) is 10.5 Å². The fourth-order valence-corrected chi connectivity index (χ4v) is 6.38. The number of halogens is 6. The quantitative estimate of drug-likeness (QED) is 0.402. The number of fused-ring (bicyclic) bond motifs is 1. The van der Waals surface area contributed by atoms with E-state index in [-0.39, 0.29) is 31.4 Å².